The second kappa shape index (κ2) is 5.56. The Morgan fingerprint density at radius 3 is 2.75 bits per heavy atom. The molecule has 0 aliphatic carbocycles. The third-order valence-electron chi connectivity index (χ3n) is 3.62. The van der Waals surface area contributed by atoms with Crippen LogP contribution in [0.2, 0.25) is 0 Å². The number of aliphatic hydroxyl groups is 1. The third kappa shape index (κ3) is 2.50. The zero-order valence-corrected chi connectivity index (χ0v) is 11.2. The summed E-state index contributed by atoms with van der Waals surface area (Å²) in [5.41, 5.74) is 3.66. The quantitative estimate of drug-likeness (QED) is 0.849. The molecule has 1 aromatic carbocycles. The van der Waals surface area contributed by atoms with Crippen LogP contribution < -0.4 is 10.9 Å². The number of hydrogen-bond acceptors (Lipinski definition) is 4. The van der Waals surface area contributed by atoms with Crippen LogP contribution in [0.1, 0.15) is 22.4 Å². The van der Waals surface area contributed by atoms with E-state index in [0.717, 1.165) is 35.3 Å². The van der Waals surface area contributed by atoms with Crippen molar-refractivity contribution < 1.29 is 5.11 Å². The van der Waals surface area contributed by atoms with Crippen molar-refractivity contribution in [2.45, 2.75) is 26.1 Å². The first-order chi connectivity index (χ1) is 9.78. The Balaban J connectivity index is 1.88. The Bertz CT molecular complexity index is 662. The lowest BCUT2D eigenvalue weighted by Gasteiger charge is -2.16. The minimum absolute atomic E-state index is 0.0353. The van der Waals surface area contributed by atoms with Crippen molar-refractivity contribution >= 4 is 0 Å². The lowest BCUT2D eigenvalue weighted by molar-refractivity contribution is 0.282. The molecule has 104 valence electrons. The maximum atomic E-state index is 12.4. The van der Waals surface area contributed by atoms with Crippen LogP contribution in [-0.2, 0) is 26.1 Å². The van der Waals surface area contributed by atoms with Gasteiger partial charge >= 0.3 is 0 Å². The molecule has 0 saturated heterocycles. The van der Waals surface area contributed by atoms with E-state index >= 15 is 0 Å². The van der Waals surface area contributed by atoms with Crippen LogP contribution in [0.25, 0.3) is 0 Å². The van der Waals surface area contributed by atoms with E-state index in [9.17, 15) is 4.79 Å². The van der Waals surface area contributed by atoms with E-state index in [1.54, 1.807) is 10.9 Å². The highest BCUT2D eigenvalue weighted by Gasteiger charge is 2.15. The molecule has 1 aromatic heterocycles. The molecule has 0 atom stereocenters. The van der Waals surface area contributed by atoms with Crippen molar-refractivity contribution in [1.82, 2.24) is 14.9 Å². The molecule has 1 aliphatic heterocycles. The highest BCUT2D eigenvalue weighted by molar-refractivity contribution is 5.24. The Kier molecular flexibility index (Phi) is 3.62. The summed E-state index contributed by atoms with van der Waals surface area (Å²) in [6, 6.07) is 7.60. The Morgan fingerprint density at radius 2 is 2.00 bits per heavy atom. The minimum Gasteiger partial charge on any atom is -0.392 e. The van der Waals surface area contributed by atoms with Gasteiger partial charge in [0.15, 0.2) is 0 Å². The summed E-state index contributed by atoms with van der Waals surface area (Å²) in [4.78, 5) is 16.8. The summed E-state index contributed by atoms with van der Waals surface area (Å²) in [5, 5.41) is 12.2. The topological polar surface area (TPSA) is 67.2 Å². The van der Waals surface area contributed by atoms with Gasteiger partial charge in [0.25, 0.3) is 5.56 Å². The number of fused-ring (bicyclic) bond motifs is 1. The molecule has 2 aromatic rings. The van der Waals surface area contributed by atoms with Gasteiger partial charge in [-0.05, 0) is 24.1 Å². The Hall–Kier alpha value is -1.98. The predicted molar refractivity (Wildman–Crippen MR) is 75.4 cm³/mol. The fourth-order valence-electron chi connectivity index (χ4n) is 2.45. The van der Waals surface area contributed by atoms with E-state index in [1.165, 1.54) is 0 Å². The van der Waals surface area contributed by atoms with Crippen LogP contribution >= 0.6 is 0 Å². The highest BCUT2D eigenvalue weighted by atomic mass is 16.3. The van der Waals surface area contributed by atoms with E-state index in [2.05, 4.69) is 10.3 Å². The molecule has 2 heterocycles. The standard InChI is InChI=1S/C15H17N3O2/c19-9-12-3-1-11(2-4-12)8-18-10-17-14-7-16-6-5-13(14)15(18)20/h1-4,10,16,19H,5-9H2. The van der Waals surface area contributed by atoms with Crippen molar-refractivity contribution in [1.29, 1.82) is 0 Å². The number of benzene rings is 1. The molecule has 3 rings (SSSR count). The fourth-order valence-corrected chi connectivity index (χ4v) is 2.45. The number of aliphatic hydroxyl groups excluding tert-OH is 1. The minimum atomic E-state index is 0.0353. The van der Waals surface area contributed by atoms with Gasteiger partial charge in [-0.25, -0.2) is 4.98 Å². The van der Waals surface area contributed by atoms with Crippen LogP contribution in [-0.4, -0.2) is 21.2 Å². The van der Waals surface area contributed by atoms with Gasteiger partial charge < -0.3 is 10.4 Å². The lowest BCUT2D eigenvalue weighted by Crippen LogP contribution is -2.34. The first kappa shape index (κ1) is 13.0. The lowest BCUT2D eigenvalue weighted by atomic mass is 10.1. The predicted octanol–water partition coefficient (Wildman–Crippen LogP) is 0.430. The van der Waals surface area contributed by atoms with Crippen LogP contribution in [0.15, 0.2) is 35.4 Å². The van der Waals surface area contributed by atoms with Crippen LogP contribution in [0, 0.1) is 0 Å². The number of rotatable bonds is 3. The van der Waals surface area contributed by atoms with Crippen molar-refractivity contribution in [3.63, 3.8) is 0 Å². The van der Waals surface area contributed by atoms with Gasteiger partial charge in [0.1, 0.15) is 0 Å². The second-order valence-corrected chi connectivity index (χ2v) is 5.00. The maximum Gasteiger partial charge on any atom is 0.257 e. The normalized spacial score (nSPS) is 14.1. The number of aromatic nitrogens is 2. The SMILES string of the molecule is O=c1c2c(ncn1Cc1ccc(CO)cc1)CNCC2. The molecule has 2 N–H and O–H groups in total. The van der Waals surface area contributed by atoms with Gasteiger partial charge in [-0.2, -0.15) is 0 Å². The molecular formula is C15H17N3O2. The van der Waals surface area contributed by atoms with E-state index in [-0.39, 0.29) is 12.2 Å². The van der Waals surface area contributed by atoms with Gasteiger partial charge in [0, 0.05) is 12.1 Å². The van der Waals surface area contributed by atoms with Gasteiger partial charge in [-0.3, -0.25) is 9.36 Å². The summed E-state index contributed by atoms with van der Waals surface area (Å²) in [6.07, 6.45) is 2.36. The largest absolute Gasteiger partial charge is 0.392 e. The van der Waals surface area contributed by atoms with Gasteiger partial charge in [0.05, 0.1) is 25.2 Å². The first-order valence-electron chi connectivity index (χ1n) is 6.74. The smallest absolute Gasteiger partial charge is 0.257 e. The van der Waals surface area contributed by atoms with Crippen LogP contribution in [0.3, 0.4) is 0 Å². The van der Waals surface area contributed by atoms with E-state index < -0.39 is 0 Å². The molecule has 0 saturated carbocycles. The fraction of sp³-hybridized carbons (Fsp3) is 0.333. The molecular weight excluding hydrogens is 254 g/mol. The molecule has 0 amide bonds. The third-order valence-corrected chi connectivity index (χ3v) is 3.62. The molecule has 0 spiro atoms. The first-order valence-corrected chi connectivity index (χ1v) is 6.74. The van der Waals surface area contributed by atoms with Gasteiger partial charge in [0.2, 0.25) is 0 Å². The number of nitrogens with zero attached hydrogens (tertiary/aromatic N) is 2. The maximum absolute atomic E-state index is 12.4. The summed E-state index contributed by atoms with van der Waals surface area (Å²) < 4.78 is 1.65. The Labute approximate surface area is 116 Å². The van der Waals surface area contributed by atoms with Crippen molar-refractivity contribution in [2.24, 2.45) is 0 Å². The van der Waals surface area contributed by atoms with Crippen molar-refractivity contribution in [3.8, 4) is 0 Å². The summed E-state index contributed by atoms with van der Waals surface area (Å²) in [7, 11) is 0. The average Bonchev–Trinajstić information content (AvgIpc) is 2.51. The van der Waals surface area contributed by atoms with Crippen molar-refractivity contribution in [3.05, 3.63) is 63.3 Å². The Morgan fingerprint density at radius 1 is 1.25 bits per heavy atom. The molecule has 5 heteroatoms. The number of hydrogen-bond donors (Lipinski definition) is 2. The molecule has 0 bridgehead atoms. The van der Waals surface area contributed by atoms with E-state index in [0.29, 0.717) is 13.1 Å². The van der Waals surface area contributed by atoms with Crippen LogP contribution in [0.4, 0.5) is 0 Å². The second-order valence-electron chi connectivity index (χ2n) is 5.00. The molecule has 5 nitrogen and oxygen atoms in total. The summed E-state index contributed by atoms with van der Waals surface area (Å²) in [6.45, 7) is 2.06. The molecule has 1 aliphatic rings. The van der Waals surface area contributed by atoms with Crippen molar-refractivity contribution in [2.75, 3.05) is 6.54 Å². The average molecular weight is 271 g/mol. The number of nitrogens with one attached hydrogen (secondary N) is 1. The molecule has 0 radical (unpaired) electrons. The van der Waals surface area contributed by atoms with Crippen LogP contribution in [0.5, 0.6) is 0 Å². The zero-order chi connectivity index (χ0) is 13.9. The van der Waals surface area contributed by atoms with Gasteiger partial charge in [-0.1, -0.05) is 24.3 Å². The molecule has 0 unspecified atom stereocenters. The van der Waals surface area contributed by atoms with Gasteiger partial charge in [-0.15, -0.1) is 0 Å². The van der Waals surface area contributed by atoms with E-state index in [4.69, 9.17) is 5.11 Å². The van der Waals surface area contributed by atoms with E-state index in [1.807, 2.05) is 24.3 Å². The highest BCUT2D eigenvalue weighted by Crippen LogP contribution is 2.08. The summed E-state index contributed by atoms with van der Waals surface area (Å²) >= 11 is 0. The molecule has 0 fully saturated rings. The summed E-state index contributed by atoms with van der Waals surface area (Å²) in [5.74, 6) is 0. The monoisotopic (exact) mass is 271 g/mol. The molecule has 20 heavy (non-hydrogen) atoms. The zero-order valence-electron chi connectivity index (χ0n) is 11.2.